The number of nitrogens with zero attached hydrogens (tertiary/aromatic N) is 3. The average Bonchev–Trinajstić information content (AvgIpc) is 2.98. The monoisotopic (exact) mass is 376 g/mol. The molecule has 1 aromatic heterocycles. The lowest BCUT2D eigenvalue weighted by Crippen LogP contribution is -2.48. The Labute approximate surface area is 159 Å². The van der Waals surface area contributed by atoms with Crippen molar-refractivity contribution in [1.82, 2.24) is 19.8 Å². The van der Waals surface area contributed by atoms with Gasteiger partial charge in [0.15, 0.2) is 0 Å². The lowest BCUT2D eigenvalue weighted by atomic mass is 9.98. The highest BCUT2D eigenvalue weighted by Crippen LogP contribution is 2.29. The van der Waals surface area contributed by atoms with Crippen molar-refractivity contribution in [2.75, 3.05) is 7.05 Å². The number of nitrogens with one attached hydrogen (secondary N) is 1. The Morgan fingerprint density at radius 2 is 1.96 bits per heavy atom. The highest BCUT2D eigenvalue weighted by molar-refractivity contribution is 5.85. The molecule has 4 rings (SSSR count). The normalized spacial score (nSPS) is 24.3. The molecule has 0 saturated carbocycles. The fourth-order valence-corrected chi connectivity index (χ4v) is 4.20. The summed E-state index contributed by atoms with van der Waals surface area (Å²) < 4.78 is 1.54. The number of para-hydroxylation sites is 1. The summed E-state index contributed by atoms with van der Waals surface area (Å²) in [5.74, 6) is 0.103. The van der Waals surface area contributed by atoms with Crippen molar-refractivity contribution >= 4 is 29.2 Å². The molecule has 0 spiro atoms. The van der Waals surface area contributed by atoms with Crippen LogP contribution in [0.2, 0.25) is 0 Å². The van der Waals surface area contributed by atoms with E-state index in [-0.39, 0.29) is 23.9 Å². The fourth-order valence-electron chi connectivity index (χ4n) is 4.20. The van der Waals surface area contributed by atoms with Gasteiger partial charge in [0.2, 0.25) is 5.91 Å². The topological polar surface area (TPSA) is 67.2 Å². The van der Waals surface area contributed by atoms with E-state index >= 15 is 0 Å². The number of fused-ring (bicyclic) bond motifs is 3. The van der Waals surface area contributed by atoms with Crippen LogP contribution in [0.1, 0.15) is 32.1 Å². The maximum absolute atomic E-state index is 12.6. The lowest BCUT2D eigenvalue weighted by Gasteiger charge is -2.35. The van der Waals surface area contributed by atoms with Gasteiger partial charge in [0.1, 0.15) is 0 Å². The van der Waals surface area contributed by atoms with Crippen LogP contribution in [0.3, 0.4) is 0 Å². The summed E-state index contributed by atoms with van der Waals surface area (Å²) in [6, 6.07) is 8.74. The third-order valence-electron chi connectivity index (χ3n) is 5.69. The van der Waals surface area contributed by atoms with Crippen LogP contribution in [0, 0.1) is 0 Å². The zero-order valence-corrected chi connectivity index (χ0v) is 15.7. The first kappa shape index (κ1) is 18.9. The van der Waals surface area contributed by atoms with Crippen molar-refractivity contribution in [3.8, 4) is 0 Å². The summed E-state index contributed by atoms with van der Waals surface area (Å²) >= 11 is 0. The van der Waals surface area contributed by atoms with Crippen LogP contribution in [0.5, 0.6) is 0 Å². The first-order valence-electron chi connectivity index (χ1n) is 9.07. The molecule has 0 aliphatic carbocycles. The second kappa shape index (κ2) is 7.76. The van der Waals surface area contributed by atoms with Crippen LogP contribution in [0.15, 0.2) is 35.4 Å². The molecule has 2 atom stereocenters. The molecule has 2 bridgehead atoms. The van der Waals surface area contributed by atoms with Gasteiger partial charge in [-0.2, -0.15) is 0 Å². The SMILES string of the molecule is CN(C(=O)CCn1cnc2ccccc2c1=O)C1CC2CCC(C1)N2.Cl. The number of aromatic nitrogens is 2. The maximum atomic E-state index is 12.6. The van der Waals surface area contributed by atoms with Crippen molar-refractivity contribution in [1.29, 1.82) is 0 Å². The van der Waals surface area contributed by atoms with E-state index in [1.165, 1.54) is 12.8 Å². The molecule has 2 aromatic rings. The van der Waals surface area contributed by atoms with Crippen molar-refractivity contribution in [2.45, 2.75) is 56.8 Å². The summed E-state index contributed by atoms with van der Waals surface area (Å²) in [5, 5.41) is 4.20. The first-order valence-corrected chi connectivity index (χ1v) is 9.07. The van der Waals surface area contributed by atoms with Gasteiger partial charge in [0.25, 0.3) is 5.56 Å². The van der Waals surface area contributed by atoms with E-state index in [2.05, 4.69) is 10.3 Å². The van der Waals surface area contributed by atoms with Gasteiger partial charge in [0, 0.05) is 38.1 Å². The quantitative estimate of drug-likeness (QED) is 0.885. The molecule has 1 aromatic carbocycles. The minimum absolute atomic E-state index is 0. The predicted molar refractivity (Wildman–Crippen MR) is 104 cm³/mol. The Bertz CT molecular complexity index is 841. The molecule has 7 heteroatoms. The second-order valence-electron chi connectivity index (χ2n) is 7.28. The zero-order valence-electron chi connectivity index (χ0n) is 14.9. The van der Waals surface area contributed by atoms with Crippen LogP contribution in [-0.2, 0) is 11.3 Å². The van der Waals surface area contributed by atoms with Gasteiger partial charge >= 0.3 is 0 Å². The number of amides is 1. The van der Waals surface area contributed by atoms with Gasteiger partial charge in [-0.05, 0) is 37.8 Å². The molecule has 0 radical (unpaired) electrons. The number of aryl methyl sites for hydroxylation is 1. The van der Waals surface area contributed by atoms with E-state index in [0.29, 0.717) is 42.0 Å². The number of rotatable bonds is 4. The number of piperidine rings is 1. The number of hydrogen-bond donors (Lipinski definition) is 1. The molecule has 2 aliphatic heterocycles. The Morgan fingerprint density at radius 3 is 2.69 bits per heavy atom. The van der Waals surface area contributed by atoms with E-state index in [4.69, 9.17) is 0 Å². The molecule has 1 N–H and O–H groups in total. The molecule has 6 nitrogen and oxygen atoms in total. The van der Waals surface area contributed by atoms with Crippen LogP contribution < -0.4 is 10.9 Å². The summed E-state index contributed by atoms with van der Waals surface area (Å²) in [4.78, 5) is 31.3. The third-order valence-corrected chi connectivity index (χ3v) is 5.69. The Hall–Kier alpha value is -1.92. The number of hydrogen-bond acceptors (Lipinski definition) is 4. The van der Waals surface area contributed by atoms with E-state index in [9.17, 15) is 9.59 Å². The summed E-state index contributed by atoms with van der Waals surface area (Å²) in [6.45, 7) is 0.373. The lowest BCUT2D eigenvalue weighted by molar-refractivity contribution is -0.132. The molecule has 26 heavy (non-hydrogen) atoms. The molecule has 2 unspecified atom stereocenters. The number of carbonyl (C=O) groups is 1. The van der Waals surface area contributed by atoms with Gasteiger partial charge in [-0.1, -0.05) is 12.1 Å². The molecule has 2 saturated heterocycles. The third kappa shape index (κ3) is 3.62. The van der Waals surface area contributed by atoms with Crippen molar-refractivity contribution < 1.29 is 4.79 Å². The molecule has 1 amide bonds. The highest BCUT2D eigenvalue weighted by atomic mass is 35.5. The summed E-state index contributed by atoms with van der Waals surface area (Å²) in [7, 11) is 1.90. The largest absolute Gasteiger partial charge is 0.343 e. The standard InChI is InChI=1S/C19H24N4O2.ClH/c1-22(15-10-13-6-7-14(11-15)21-13)18(24)8-9-23-12-20-17-5-3-2-4-16(17)19(23)25;/h2-5,12-15,21H,6-11H2,1H3;1H. The van der Waals surface area contributed by atoms with Gasteiger partial charge in [-0.25, -0.2) is 4.98 Å². The van der Waals surface area contributed by atoms with Crippen LogP contribution >= 0.6 is 12.4 Å². The molecule has 3 heterocycles. The minimum Gasteiger partial charge on any atom is -0.343 e. The number of benzene rings is 1. The van der Waals surface area contributed by atoms with E-state index < -0.39 is 0 Å². The summed E-state index contributed by atoms with van der Waals surface area (Å²) in [5.41, 5.74) is 0.610. The average molecular weight is 377 g/mol. The molecular weight excluding hydrogens is 352 g/mol. The fraction of sp³-hybridized carbons (Fsp3) is 0.526. The van der Waals surface area contributed by atoms with Crippen LogP contribution in [-0.4, -0.2) is 45.5 Å². The minimum atomic E-state index is -0.0824. The van der Waals surface area contributed by atoms with Crippen molar-refractivity contribution in [2.24, 2.45) is 0 Å². The van der Waals surface area contributed by atoms with Gasteiger partial charge < -0.3 is 10.2 Å². The Balaban J connectivity index is 0.00000196. The predicted octanol–water partition coefficient (Wildman–Crippen LogP) is 1.95. The van der Waals surface area contributed by atoms with E-state index in [1.807, 2.05) is 30.1 Å². The zero-order chi connectivity index (χ0) is 17.4. The molecule has 2 aliphatic rings. The Kier molecular flexibility index (Phi) is 5.63. The maximum Gasteiger partial charge on any atom is 0.261 e. The molecule has 2 fully saturated rings. The molecular formula is C19H25ClN4O2. The van der Waals surface area contributed by atoms with Crippen LogP contribution in [0.25, 0.3) is 10.9 Å². The van der Waals surface area contributed by atoms with Crippen molar-refractivity contribution in [3.63, 3.8) is 0 Å². The van der Waals surface area contributed by atoms with Crippen LogP contribution in [0.4, 0.5) is 0 Å². The van der Waals surface area contributed by atoms with Gasteiger partial charge in [-0.15, -0.1) is 12.4 Å². The van der Waals surface area contributed by atoms with Gasteiger partial charge in [-0.3, -0.25) is 14.2 Å². The molecule has 140 valence electrons. The Morgan fingerprint density at radius 1 is 1.27 bits per heavy atom. The van der Waals surface area contributed by atoms with E-state index in [0.717, 1.165) is 12.8 Å². The van der Waals surface area contributed by atoms with E-state index in [1.54, 1.807) is 17.0 Å². The van der Waals surface area contributed by atoms with Gasteiger partial charge in [0.05, 0.1) is 17.2 Å². The van der Waals surface area contributed by atoms with Crippen molar-refractivity contribution in [3.05, 3.63) is 40.9 Å². The highest BCUT2D eigenvalue weighted by Gasteiger charge is 2.36. The number of halogens is 1. The summed E-state index contributed by atoms with van der Waals surface area (Å²) in [6.07, 6.45) is 6.40. The first-order chi connectivity index (χ1) is 12.1. The second-order valence-corrected chi connectivity index (χ2v) is 7.28. The number of carbonyl (C=O) groups excluding carboxylic acids is 1. The smallest absolute Gasteiger partial charge is 0.261 e.